The Hall–Kier alpha value is -6.44. The van der Waals surface area contributed by atoms with Crippen molar-refractivity contribution in [2.45, 2.75) is 77.5 Å². The van der Waals surface area contributed by atoms with Crippen LogP contribution >= 0.6 is 0 Å². The van der Waals surface area contributed by atoms with Crippen molar-refractivity contribution in [3.63, 3.8) is 0 Å². The molecule has 4 atom stereocenters. The van der Waals surface area contributed by atoms with Gasteiger partial charge in [0.1, 0.15) is 23.7 Å². The van der Waals surface area contributed by atoms with E-state index in [0.717, 1.165) is 86.6 Å². The summed E-state index contributed by atoms with van der Waals surface area (Å²) in [5.41, 5.74) is 7.53. The van der Waals surface area contributed by atoms with Crippen LogP contribution in [0.2, 0.25) is 0 Å². The topological polar surface area (TPSA) is 186 Å². The van der Waals surface area contributed by atoms with Crippen molar-refractivity contribution in [1.29, 1.82) is 0 Å². The number of methoxy groups -OCH3 is 1. The number of nitrogens with zero attached hydrogens (tertiary/aromatic N) is 4. The van der Waals surface area contributed by atoms with Crippen LogP contribution in [-0.4, -0.2) is 91.1 Å². The number of fused-ring (bicyclic) bond motifs is 3. The molecule has 2 saturated heterocycles. The Labute approximate surface area is 341 Å². The third-order valence-corrected chi connectivity index (χ3v) is 11.8. The van der Waals surface area contributed by atoms with Gasteiger partial charge in [0.05, 0.1) is 41.3 Å². The molecule has 0 saturated carbocycles. The van der Waals surface area contributed by atoms with E-state index >= 15 is 0 Å². The van der Waals surface area contributed by atoms with E-state index in [1.54, 1.807) is 4.90 Å². The highest BCUT2D eigenvalue weighted by Gasteiger charge is 2.39. The predicted molar refractivity (Wildman–Crippen MR) is 225 cm³/mol. The second-order valence-electron chi connectivity index (χ2n) is 16.4. The van der Waals surface area contributed by atoms with Crippen molar-refractivity contribution in [1.82, 2.24) is 40.4 Å². The van der Waals surface area contributed by atoms with Crippen LogP contribution in [0.25, 0.3) is 55.1 Å². The number of alkyl carbamates (subject to hydrolysis) is 1. The van der Waals surface area contributed by atoms with Gasteiger partial charge in [-0.3, -0.25) is 9.59 Å². The van der Waals surface area contributed by atoms with Crippen molar-refractivity contribution in [3.8, 4) is 22.3 Å². The lowest BCUT2D eigenvalue weighted by Gasteiger charge is -2.29. The minimum Gasteiger partial charge on any atom is -0.465 e. The fourth-order valence-corrected chi connectivity index (χ4v) is 8.67. The summed E-state index contributed by atoms with van der Waals surface area (Å²) in [6.45, 7) is 8.62. The first kappa shape index (κ1) is 39.4. The molecule has 0 spiro atoms. The molecule has 2 aromatic heterocycles. The van der Waals surface area contributed by atoms with Crippen LogP contribution in [-0.2, 0) is 14.3 Å². The zero-order chi connectivity index (χ0) is 41.5. The summed E-state index contributed by atoms with van der Waals surface area (Å²) in [5.74, 6) is 0.753. The highest BCUT2D eigenvalue weighted by atomic mass is 16.5. The van der Waals surface area contributed by atoms with Crippen LogP contribution < -0.4 is 10.6 Å². The van der Waals surface area contributed by atoms with E-state index in [1.807, 2.05) is 44.7 Å². The van der Waals surface area contributed by atoms with Crippen molar-refractivity contribution in [2.24, 2.45) is 11.8 Å². The Morgan fingerprint density at radius 1 is 0.661 bits per heavy atom. The third-order valence-electron chi connectivity index (χ3n) is 11.8. The number of carbonyl (C=O) groups is 4. The third kappa shape index (κ3) is 7.78. The summed E-state index contributed by atoms with van der Waals surface area (Å²) >= 11 is 0. The molecule has 4 amide bonds. The van der Waals surface area contributed by atoms with E-state index in [2.05, 4.69) is 81.3 Å². The van der Waals surface area contributed by atoms with E-state index in [0.29, 0.717) is 18.9 Å². The molecule has 59 heavy (non-hydrogen) atoms. The summed E-state index contributed by atoms with van der Waals surface area (Å²) in [6, 6.07) is 23.2. The summed E-state index contributed by atoms with van der Waals surface area (Å²) < 4.78 is 4.78. The number of likely N-dealkylation sites (tertiary alicyclic amines) is 2. The number of imidazole rings is 2. The van der Waals surface area contributed by atoms with Gasteiger partial charge in [-0.1, -0.05) is 64.1 Å². The van der Waals surface area contributed by atoms with Gasteiger partial charge in [0.15, 0.2) is 0 Å². The van der Waals surface area contributed by atoms with Crippen LogP contribution in [0, 0.1) is 11.8 Å². The molecule has 5 N–H and O–H groups in total. The molecule has 0 radical (unpaired) electrons. The molecule has 4 aromatic carbocycles. The van der Waals surface area contributed by atoms with Crippen molar-refractivity contribution in [2.75, 3.05) is 20.2 Å². The van der Waals surface area contributed by atoms with Gasteiger partial charge in [-0.05, 0) is 107 Å². The van der Waals surface area contributed by atoms with Crippen LogP contribution in [0.15, 0.2) is 72.8 Å². The molecule has 8 rings (SSSR count). The van der Waals surface area contributed by atoms with Gasteiger partial charge < -0.3 is 40.2 Å². The summed E-state index contributed by atoms with van der Waals surface area (Å²) in [5, 5.41) is 16.7. The number of aromatic amines is 2. The normalized spacial score (nSPS) is 17.9. The number of carbonyl (C=O) groups excluding carboxylic acids is 3. The smallest absolute Gasteiger partial charge is 0.407 e. The molecule has 0 bridgehead atoms. The standard InChI is InChI=1S/C45H50N8O6/c1-24(2)38(50-44(56)57)42(54)52-18-6-8-36(52)40-46-32-16-14-29(22-34(32)48-40)27-12-10-26-11-13-28(21-31(26)20-27)30-15-17-33-35(23-30)49-41(47-33)37-9-7-19-53(37)43(55)39(25(3)4)51-45(58)59-5/h10-17,20-25,36-39,50H,6-9,18-19H2,1-5H3,(H,46,48)(H,47,49)(H,51,58)(H,56,57)/t36-,37-,38+,39+/m0/s1. The first-order chi connectivity index (χ1) is 28.4. The lowest BCUT2D eigenvalue weighted by atomic mass is 9.97. The molecule has 14 heteroatoms. The number of carboxylic acid groups (broad SMARTS) is 1. The number of aromatic nitrogens is 4. The summed E-state index contributed by atoms with van der Waals surface area (Å²) in [7, 11) is 1.29. The fraction of sp³-hybridized carbons (Fsp3) is 0.378. The number of H-pyrrole nitrogens is 2. The van der Waals surface area contributed by atoms with Gasteiger partial charge in [0.2, 0.25) is 11.8 Å². The maximum absolute atomic E-state index is 13.7. The molecule has 306 valence electrons. The van der Waals surface area contributed by atoms with Gasteiger partial charge in [-0.2, -0.15) is 0 Å². The minimum absolute atomic E-state index is 0.115. The first-order valence-electron chi connectivity index (χ1n) is 20.4. The molecule has 2 fully saturated rings. The fourth-order valence-electron chi connectivity index (χ4n) is 8.67. The number of nitrogens with one attached hydrogen (secondary N) is 4. The first-order valence-corrected chi connectivity index (χ1v) is 20.4. The minimum atomic E-state index is -1.21. The van der Waals surface area contributed by atoms with Gasteiger partial charge >= 0.3 is 12.2 Å². The molecular formula is C45H50N8O6. The number of benzene rings is 4. The highest BCUT2D eigenvalue weighted by Crippen LogP contribution is 2.36. The monoisotopic (exact) mass is 798 g/mol. The predicted octanol–water partition coefficient (Wildman–Crippen LogP) is 7.93. The van der Waals surface area contributed by atoms with Crippen LogP contribution in [0.5, 0.6) is 0 Å². The Bertz CT molecular complexity index is 2580. The van der Waals surface area contributed by atoms with Gasteiger partial charge in [0, 0.05) is 13.1 Å². The van der Waals surface area contributed by atoms with Gasteiger partial charge in [-0.15, -0.1) is 0 Å². The Morgan fingerprint density at radius 2 is 1.10 bits per heavy atom. The van der Waals surface area contributed by atoms with Crippen LogP contribution in [0.1, 0.15) is 77.1 Å². The van der Waals surface area contributed by atoms with Crippen molar-refractivity contribution >= 4 is 56.8 Å². The van der Waals surface area contributed by atoms with Gasteiger partial charge in [0.25, 0.3) is 0 Å². The van der Waals surface area contributed by atoms with Crippen LogP contribution in [0.4, 0.5) is 9.59 Å². The van der Waals surface area contributed by atoms with E-state index in [-0.39, 0.29) is 35.7 Å². The molecule has 4 heterocycles. The zero-order valence-electron chi connectivity index (χ0n) is 33.9. The Balaban J connectivity index is 1.02. The lowest BCUT2D eigenvalue weighted by Crippen LogP contribution is -2.51. The number of rotatable bonds is 10. The second kappa shape index (κ2) is 16.1. The van der Waals surface area contributed by atoms with Crippen molar-refractivity contribution < 1.29 is 29.0 Å². The average Bonchev–Trinajstić information content (AvgIpc) is 4.05. The number of amides is 4. The second-order valence-corrected chi connectivity index (χ2v) is 16.4. The zero-order valence-corrected chi connectivity index (χ0v) is 33.9. The SMILES string of the molecule is COC(=O)N[C@@H](C(=O)N1CCC[C@H]1c1nc2ccc(-c3ccc4ccc(-c5ccc6nc([C@@H]7CCCN7C(=O)[C@H](NC(=O)O)C(C)C)[nH]c6c5)cc4c3)cc2[nH]1)C(C)C. The summed E-state index contributed by atoms with van der Waals surface area (Å²) in [4.78, 5) is 71.0. The number of hydrogen-bond donors (Lipinski definition) is 5. The molecule has 0 unspecified atom stereocenters. The number of hydrogen-bond acceptors (Lipinski definition) is 7. The quantitative estimate of drug-likeness (QED) is 0.0925. The maximum atomic E-state index is 13.7. The van der Waals surface area contributed by atoms with E-state index < -0.39 is 24.3 Å². The molecule has 14 nitrogen and oxygen atoms in total. The van der Waals surface area contributed by atoms with Gasteiger partial charge in [-0.25, -0.2) is 19.6 Å². The maximum Gasteiger partial charge on any atom is 0.407 e. The largest absolute Gasteiger partial charge is 0.465 e. The lowest BCUT2D eigenvalue weighted by molar-refractivity contribution is -0.136. The van der Waals surface area contributed by atoms with E-state index in [4.69, 9.17) is 14.7 Å². The van der Waals surface area contributed by atoms with E-state index in [1.165, 1.54) is 7.11 Å². The number of ether oxygens (including phenoxy) is 1. The van der Waals surface area contributed by atoms with E-state index in [9.17, 15) is 24.3 Å². The molecule has 2 aliphatic heterocycles. The Morgan fingerprint density at radius 3 is 1.54 bits per heavy atom. The Kier molecular flexibility index (Phi) is 10.7. The van der Waals surface area contributed by atoms with Crippen molar-refractivity contribution in [3.05, 3.63) is 84.4 Å². The summed E-state index contributed by atoms with van der Waals surface area (Å²) in [6.07, 6.45) is 1.33. The van der Waals surface area contributed by atoms with Crippen LogP contribution in [0.3, 0.4) is 0 Å². The molecule has 6 aromatic rings. The highest BCUT2D eigenvalue weighted by molar-refractivity contribution is 5.93. The molecular weight excluding hydrogens is 749 g/mol. The average molecular weight is 799 g/mol. The molecule has 0 aliphatic carbocycles. The molecule has 2 aliphatic rings.